The van der Waals surface area contributed by atoms with Crippen molar-refractivity contribution in [1.82, 2.24) is 0 Å². The molecule has 2 heteroatoms. The number of carbonyl (C=O) groups is 1. The molecular weight excluding hydrogens is 372 g/mol. The second-order valence-electron chi connectivity index (χ2n) is 10.7. The summed E-state index contributed by atoms with van der Waals surface area (Å²) in [5.41, 5.74) is 1.20. The Morgan fingerprint density at radius 1 is 0.840 bits per heavy atom. The molecule has 0 aromatic heterocycles. The summed E-state index contributed by atoms with van der Waals surface area (Å²) in [6.45, 7) is 7.76. The second kappa shape index (κ2) is 6.35. The molecule has 0 saturated heterocycles. The lowest BCUT2D eigenvalue weighted by Gasteiger charge is -2.68. The van der Waals surface area contributed by atoms with Gasteiger partial charge in [0.25, 0.3) is 0 Å². The normalized spacial score (nSPS) is 52.6. The minimum Gasteiger partial charge on any atom is -0.298 e. The van der Waals surface area contributed by atoms with Crippen molar-refractivity contribution in [2.75, 3.05) is 5.33 Å². The van der Waals surface area contributed by atoms with Crippen molar-refractivity contribution in [1.29, 1.82) is 0 Å². The van der Waals surface area contributed by atoms with Crippen LogP contribution in [-0.2, 0) is 4.79 Å². The van der Waals surface area contributed by atoms with Crippen molar-refractivity contribution in [2.24, 2.45) is 39.9 Å². The number of alkyl halides is 1. The van der Waals surface area contributed by atoms with Crippen LogP contribution in [0.15, 0.2) is 0 Å². The van der Waals surface area contributed by atoms with Crippen molar-refractivity contribution < 1.29 is 4.79 Å². The number of rotatable bonds is 2. The molecule has 0 aromatic rings. The molecule has 0 heterocycles. The summed E-state index contributed by atoms with van der Waals surface area (Å²) in [6, 6.07) is 0. The summed E-state index contributed by atoms with van der Waals surface area (Å²) in [4.78, 5) is 12.8. The van der Waals surface area contributed by atoms with Crippen LogP contribution in [0.1, 0.15) is 91.4 Å². The van der Waals surface area contributed by atoms with E-state index in [-0.39, 0.29) is 5.41 Å². The van der Waals surface area contributed by atoms with E-state index in [1.165, 1.54) is 64.2 Å². The molecule has 25 heavy (non-hydrogen) atoms. The fourth-order valence-corrected chi connectivity index (χ4v) is 8.93. The monoisotopic (exact) mass is 408 g/mol. The van der Waals surface area contributed by atoms with Gasteiger partial charge in [0, 0.05) is 5.92 Å². The lowest BCUT2D eigenvalue weighted by Crippen LogP contribution is -2.61. The van der Waals surface area contributed by atoms with Gasteiger partial charge in [0.1, 0.15) is 5.78 Å². The number of ketones is 1. The van der Waals surface area contributed by atoms with E-state index in [1.807, 2.05) is 0 Å². The second-order valence-corrected chi connectivity index (χ2v) is 11.2. The number of carbonyl (C=O) groups excluding carboxylic acids is 1. The molecule has 4 rings (SSSR count). The fraction of sp³-hybridized carbons (Fsp3) is 0.957. The first-order chi connectivity index (χ1) is 11.9. The first-order valence-corrected chi connectivity index (χ1v) is 12.1. The average Bonchev–Trinajstić information content (AvgIpc) is 2.60. The Labute approximate surface area is 163 Å². The maximum Gasteiger partial charge on any atom is 0.147 e. The third-order valence-corrected chi connectivity index (χ3v) is 10.7. The van der Waals surface area contributed by atoms with E-state index in [4.69, 9.17) is 0 Å². The van der Waals surface area contributed by atoms with Crippen LogP contribution in [0.3, 0.4) is 0 Å². The van der Waals surface area contributed by atoms with E-state index < -0.39 is 0 Å². The summed E-state index contributed by atoms with van der Waals surface area (Å²) in [7, 11) is 0. The molecule has 0 aliphatic heterocycles. The van der Waals surface area contributed by atoms with Gasteiger partial charge in [0.05, 0.1) is 5.33 Å². The average molecular weight is 409 g/mol. The van der Waals surface area contributed by atoms with Gasteiger partial charge in [0.2, 0.25) is 0 Å². The van der Waals surface area contributed by atoms with Crippen molar-refractivity contribution in [2.45, 2.75) is 91.4 Å². The predicted octanol–water partition coefficient (Wildman–Crippen LogP) is 6.78. The lowest BCUT2D eigenvalue weighted by atomic mass is 9.36. The first kappa shape index (κ1) is 18.5. The van der Waals surface area contributed by atoms with Crippen molar-refractivity contribution in [3.8, 4) is 0 Å². The molecule has 4 fully saturated rings. The number of hydrogen-bond donors (Lipinski definition) is 0. The summed E-state index contributed by atoms with van der Waals surface area (Å²) >= 11 is 3.48. The van der Waals surface area contributed by atoms with Gasteiger partial charge in [-0.1, -0.05) is 56.0 Å². The Kier molecular flexibility index (Phi) is 4.70. The van der Waals surface area contributed by atoms with Gasteiger partial charge in [-0.15, -0.1) is 0 Å². The highest BCUT2D eigenvalue weighted by Crippen LogP contribution is 2.71. The van der Waals surface area contributed by atoms with Crippen LogP contribution in [0, 0.1) is 39.9 Å². The SMILES string of the molecule is C[C@]12CCCC[C@@H]1CC[C@@H]1[C@@H]2CC[C@]2(C)[C@@H](C(=O)CBr)CCC[C@@]12C. The maximum absolute atomic E-state index is 12.8. The quantitative estimate of drug-likeness (QED) is 0.460. The van der Waals surface area contributed by atoms with Gasteiger partial charge in [-0.3, -0.25) is 4.79 Å². The molecule has 4 saturated carbocycles. The molecule has 4 aliphatic rings. The molecule has 0 amide bonds. The van der Waals surface area contributed by atoms with E-state index in [9.17, 15) is 4.79 Å². The highest BCUT2D eigenvalue weighted by atomic mass is 79.9. The Balaban J connectivity index is 1.69. The van der Waals surface area contributed by atoms with Crippen LogP contribution in [0.4, 0.5) is 0 Å². The van der Waals surface area contributed by atoms with Crippen LogP contribution in [0.25, 0.3) is 0 Å². The largest absolute Gasteiger partial charge is 0.298 e. The topological polar surface area (TPSA) is 17.1 Å². The molecule has 0 unspecified atom stereocenters. The maximum atomic E-state index is 12.8. The van der Waals surface area contributed by atoms with Crippen LogP contribution in [0.2, 0.25) is 0 Å². The van der Waals surface area contributed by atoms with E-state index in [1.54, 1.807) is 0 Å². The third kappa shape index (κ3) is 2.48. The molecular formula is C23H37BrO. The van der Waals surface area contributed by atoms with Gasteiger partial charge in [0.15, 0.2) is 0 Å². The number of fused-ring (bicyclic) bond motifs is 5. The third-order valence-electron chi connectivity index (χ3n) is 10.2. The van der Waals surface area contributed by atoms with Crippen molar-refractivity contribution in [3.63, 3.8) is 0 Å². The molecule has 0 bridgehead atoms. The smallest absolute Gasteiger partial charge is 0.147 e. The van der Waals surface area contributed by atoms with Crippen LogP contribution in [-0.4, -0.2) is 11.1 Å². The van der Waals surface area contributed by atoms with E-state index >= 15 is 0 Å². The Hall–Kier alpha value is 0.150. The standard InChI is InChI=1S/C23H37BrO/c1-21-12-5-4-7-16(21)9-10-18-17(21)11-14-23(3)19(20(25)15-24)8-6-13-22(18,23)2/h16-19H,4-15H2,1-3H3/t16-,17+,18-,19-,21+,22+,23-/m1/s1. The molecule has 142 valence electrons. The van der Waals surface area contributed by atoms with Crippen LogP contribution >= 0.6 is 15.9 Å². The minimum atomic E-state index is 0.231. The molecule has 4 aliphatic carbocycles. The van der Waals surface area contributed by atoms with E-state index in [2.05, 4.69) is 36.7 Å². The molecule has 7 atom stereocenters. The molecule has 0 N–H and O–H groups in total. The number of halogens is 1. The predicted molar refractivity (Wildman–Crippen MR) is 108 cm³/mol. The van der Waals surface area contributed by atoms with Gasteiger partial charge in [-0.25, -0.2) is 0 Å². The summed E-state index contributed by atoms with van der Waals surface area (Å²) in [5.74, 6) is 3.53. The number of hydrogen-bond acceptors (Lipinski definition) is 1. The van der Waals surface area contributed by atoms with Crippen molar-refractivity contribution >= 4 is 21.7 Å². The minimum absolute atomic E-state index is 0.231. The highest BCUT2D eigenvalue weighted by Gasteiger charge is 2.64. The fourth-order valence-electron chi connectivity index (χ4n) is 8.54. The summed E-state index contributed by atoms with van der Waals surface area (Å²) in [5, 5.41) is 0.553. The summed E-state index contributed by atoms with van der Waals surface area (Å²) < 4.78 is 0. The van der Waals surface area contributed by atoms with E-state index in [0.29, 0.717) is 27.9 Å². The van der Waals surface area contributed by atoms with Gasteiger partial charge in [-0.2, -0.15) is 0 Å². The van der Waals surface area contributed by atoms with Crippen LogP contribution < -0.4 is 0 Å². The Morgan fingerprint density at radius 3 is 2.40 bits per heavy atom. The highest BCUT2D eigenvalue weighted by molar-refractivity contribution is 9.09. The lowest BCUT2D eigenvalue weighted by molar-refractivity contribution is -0.192. The Bertz CT molecular complexity index is 544. The zero-order valence-corrected chi connectivity index (χ0v) is 18.2. The van der Waals surface area contributed by atoms with Crippen LogP contribution in [0.5, 0.6) is 0 Å². The van der Waals surface area contributed by atoms with Gasteiger partial charge in [-0.05, 0) is 85.4 Å². The van der Waals surface area contributed by atoms with E-state index in [0.717, 1.165) is 24.2 Å². The van der Waals surface area contributed by atoms with Gasteiger partial charge < -0.3 is 0 Å². The molecule has 0 aromatic carbocycles. The Morgan fingerprint density at radius 2 is 1.64 bits per heavy atom. The molecule has 0 spiro atoms. The molecule has 1 nitrogen and oxygen atoms in total. The van der Waals surface area contributed by atoms with Crippen molar-refractivity contribution in [3.05, 3.63) is 0 Å². The zero-order chi connectivity index (χ0) is 17.9. The summed E-state index contributed by atoms with van der Waals surface area (Å²) in [6.07, 6.45) is 15.2. The molecule has 0 radical (unpaired) electrons. The zero-order valence-electron chi connectivity index (χ0n) is 16.6. The number of Topliss-reactive ketones (excluding diaryl/α,β-unsaturated/α-hetero) is 1. The first-order valence-electron chi connectivity index (χ1n) is 11.0. The van der Waals surface area contributed by atoms with Gasteiger partial charge >= 0.3 is 0 Å².